The molecule has 4 nitrogen and oxygen atoms in total. The van der Waals surface area contributed by atoms with Crippen LogP contribution >= 0.6 is 0 Å². The van der Waals surface area contributed by atoms with E-state index in [-0.39, 0.29) is 29.9 Å². The van der Waals surface area contributed by atoms with E-state index in [9.17, 15) is 9.59 Å². The highest BCUT2D eigenvalue weighted by atomic mass is 16.2. The normalized spacial score (nSPS) is 17.3. The lowest BCUT2D eigenvalue weighted by atomic mass is 10.0. The molecule has 0 aliphatic carbocycles. The van der Waals surface area contributed by atoms with Crippen LogP contribution < -0.4 is 5.32 Å². The Morgan fingerprint density at radius 3 is 2.40 bits per heavy atom. The van der Waals surface area contributed by atoms with Crippen molar-refractivity contribution in [3.63, 3.8) is 0 Å². The second kappa shape index (κ2) is 5.65. The Morgan fingerprint density at radius 2 is 1.80 bits per heavy atom. The first kappa shape index (κ1) is 14.6. The molecule has 1 aliphatic rings. The molecule has 1 heterocycles. The number of rotatable bonds is 4. The van der Waals surface area contributed by atoms with Crippen LogP contribution in [0, 0.1) is 0 Å². The summed E-state index contributed by atoms with van der Waals surface area (Å²) in [6.07, 6.45) is 0.319. The summed E-state index contributed by atoms with van der Waals surface area (Å²) in [5.41, 5.74) is 1.62. The number of hydrogen-bond donors (Lipinski definition) is 1. The van der Waals surface area contributed by atoms with Gasteiger partial charge in [0.05, 0.1) is 12.5 Å². The van der Waals surface area contributed by atoms with Gasteiger partial charge in [0.15, 0.2) is 0 Å². The predicted octanol–water partition coefficient (Wildman–Crippen LogP) is 2.51. The van der Waals surface area contributed by atoms with Crippen LogP contribution in [0.5, 0.6) is 0 Å². The zero-order valence-electron chi connectivity index (χ0n) is 12.5. The molecule has 2 amide bonds. The second-order valence-electron chi connectivity index (χ2n) is 5.81. The first-order chi connectivity index (χ1) is 9.41. The third-order valence-corrected chi connectivity index (χ3v) is 3.67. The van der Waals surface area contributed by atoms with Crippen molar-refractivity contribution in [2.24, 2.45) is 0 Å². The van der Waals surface area contributed by atoms with E-state index in [0.29, 0.717) is 12.0 Å². The van der Waals surface area contributed by atoms with Crippen LogP contribution in [0.2, 0.25) is 0 Å². The van der Waals surface area contributed by atoms with Gasteiger partial charge in [0.1, 0.15) is 0 Å². The molecule has 0 radical (unpaired) electrons. The number of amides is 2. The molecule has 0 saturated heterocycles. The number of benzene rings is 1. The van der Waals surface area contributed by atoms with Crippen LogP contribution in [-0.4, -0.2) is 28.8 Å². The number of nitrogens with one attached hydrogen (secondary N) is 1. The van der Waals surface area contributed by atoms with Crippen molar-refractivity contribution in [2.75, 3.05) is 0 Å². The highest BCUT2D eigenvalue weighted by Crippen LogP contribution is 2.28. The van der Waals surface area contributed by atoms with Crippen molar-refractivity contribution in [1.29, 1.82) is 0 Å². The average molecular weight is 274 g/mol. The van der Waals surface area contributed by atoms with Gasteiger partial charge in [0.25, 0.3) is 5.91 Å². The lowest BCUT2D eigenvalue weighted by Gasteiger charge is -2.31. The van der Waals surface area contributed by atoms with Gasteiger partial charge in [-0.3, -0.25) is 9.59 Å². The van der Waals surface area contributed by atoms with E-state index in [2.05, 4.69) is 5.32 Å². The largest absolute Gasteiger partial charge is 0.345 e. The molecular weight excluding hydrogens is 252 g/mol. The van der Waals surface area contributed by atoms with Crippen molar-refractivity contribution >= 4 is 11.8 Å². The SMILES string of the molecule is CC(C)N(C(=O)CC1NC(=O)c2ccccc21)C(C)C. The number of carbonyl (C=O) groups excluding carboxylic acids is 2. The second-order valence-corrected chi connectivity index (χ2v) is 5.81. The minimum absolute atomic E-state index is 0.0806. The molecule has 1 aliphatic heterocycles. The van der Waals surface area contributed by atoms with Gasteiger partial charge in [-0.1, -0.05) is 18.2 Å². The van der Waals surface area contributed by atoms with Gasteiger partial charge in [-0.25, -0.2) is 0 Å². The van der Waals surface area contributed by atoms with Crippen molar-refractivity contribution in [3.8, 4) is 0 Å². The first-order valence-corrected chi connectivity index (χ1v) is 7.12. The summed E-state index contributed by atoms with van der Waals surface area (Å²) < 4.78 is 0. The van der Waals surface area contributed by atoms with Gasteiger partial charge in [-0.2, -0.15) is 0 Å². The van der Waals surface area contributed by atoms with Crippen LogP contribution in [-0.2, 0) is 4.79 Å². The summed E-state index contributed by atoms with van der Waals surface area (Å²) in [6.45, 7) is 8.05. The standard InChI is InChI=1S/C16H22N2O2/c1-10(2)18(11(3)4)15(19)9-14-12-7-5-6-8-13(12)16(20)17-14/h5-8,10-11,14H,9H2,1-4H3,(H,17,20). The van der Waals surface area contributed by atoms with Crippen LogP contribution in [0.3, 0.4) is 0 Å². The van der Waals surface area contributed by atoms with Crippen LogP contribution in [0.1, 0.15) is 56.1 Å². The third kappa shape index (κ3) is 2.69. The minimum Gasteiger partial charge on any atom is -0.345 e. The van der Waals surface area contributed by atoms with Gasteiger partial charge in [-0.15, -0.1) is 0 Å². The summed E-state index contributed by atoms with van der Waals surface area (Å²) >= 11 is 0. The van der Waals surface area contributed by atoms with Crippen molar-refractivity contribution < 1.29 is 9.59 Å². The zero-order valence-corrected chi connectivity index (χ0v) is 12.5. The Labute approximate surface area is 120 Å². The van der Waals surface area contributed by atoms with E-state index in [0.717, 1.165) is 5.56 Å². The van der Waals surface area contributed by atoms with E-state index in [4.69, 9.17) is 0 Å². The molecule has 1 atom stereocenters. The molecule has 0 spiro atoms. The smallest absolute Gasteiger partial charge is 0.252 e. The molecule has 20 heavy (non-hydrogen) atoms. The third-order valence-electron chi connectivity index (χ3n) is 3.67. The fraction of sp³-hybridized carbons (Fsp3) is 0.500. The summed E-state index contributed by atoms with van der Waals surface area (Å²) in [6, 6.07) is 7.59. The molecule has 1 aromatic rings. The van der Waals surface area contributed by atoms with Gasteiger partial charge in [0, 0.05) is 17.6 Å². The average Bonchev–Trinajstić information content (AvgIpc) is 2.66. The van der Waals surface area contributed by atoms with Crippen molar-refractivity contribution in [1.82, 2.24) is 10.2 Å². The maximum Gasteiger partial charge on any atom is 0.252 e. The molecule has 1 unspecified atom stereocenters. The number of hydrogen-bond acceptors (Lipinski definition) is 2. The molecule has 1 N–H and O–H groups in total. The molecule has 4 heteroatoms. The summed E-state index contributed by atoms with van der Waals surface area (Å²) in [4.78, 5) is 26.2. The minimum atomic E-state index is -0.203. The summed E-state index contributed by atoms with van der Waals surface area (Å²) in [7, 11) is 0. The van der Waals surface area contributed by atoms with E-state index >= 15 is 0 Å². The predicted molar refractivity (Wildman–Crippen MR) is 78.4 cm³/mol. The summed E-state index contributed by atoms with van der Waals surface area (Å²) in [5.74, 6) is -0.00366. The Kier molecular flexibility index (Phi) is 4.12. The molecule has 0 aromatic heterocycles. The number of nitrogens with zero attached hydrogens (tertiary/aromatic N) is 1. The lowest BCUT2D eigenvalue weighted by molar-refractivity contribution is -0.135. The quantitative estimate of drug-likeness (QED) is 0.917. The molecule has 2 rings (SSSR count). The number of carbonyl (C=O) groups is 2. The van der Waals surface area contributed by atoms with Gasteiger partial charge < -0.3 is 10.2 Å². The fourth-order valence-corrected chi connectivity index (χ4v) is 2.93. The van der Waals surface area contributed by atoms with Gasteiger partial charge in [0.2, 0.25) is 5.91 Å². The first-order valence-electron chi connectivity index (χ1n) is 7.12. The van der Waals surface area contributed by atoms with E-state index < -0.39 is 0 Å². The summed E-state index contributed by atoms with van der Waals surface area (Å²) in [5, 5.41) is 2.90. The molecular formula is C16H22N2O2. The Balaban J connectivity index is 2.16. The zero-order chi connectivity index (χ0) is 14.9. The lowest BCUT2D eigenvalue weighted by Crippen LogP contribution is -2.43. The van der Waals surface area contributed by atoms with E-state index in [1.807, 2.05) is 50.8 Å². The molecule has 1 aromatic carbocycles. The molecule has 0 fully saturated rings. The molecule has 0 bridgehead atoms. The maximum absolute atomic E-state index is 12.5. The van der Waals surface area contributed by atoms with Gasteiger partial charge >= 0.3 is 0 Å². The van der Waals surface area contributed by atoms with E-state index in [1.54, 1.807) is 6.07 Å². The van der Waals surface area contributed by atoms with Crippen LogP contribution in [0.15, 0.2) is 24.3 Å². The Morgan fingerprint density at radius 1 is 1.20 bits per heavy atom. The monoisotopic (exact) mass is 274 g/mol. The fourth-order valence-electron chi connectivity index (χ4n) is 2.93. The molecule has 0 saturated carbocycles. The van der Waals surface area contributed by atoms with Gasteiger partial charge in [-0.05, 0) is 39.3 Å². The van der Waals surface area contributed by atoms with E-state index in [1.165, 1.54) is 0 Å². The highest BCUT2D eigenvalue weighted by Gasteiger charge is 2.31. The van der Waals surface area contributed by atoms with Crippen LogP contribution in [0.25, 0.3) is 0 Å². The number of fused-ring (bicyclic) bond motifs is 1. The van der Waals surface area contributed by atoms with Crippen molar-refractivity contribution in [2.45, 2.75) is 52.2 Å². The topological polar surface area (TPSA) is 49.4 Å². The Bertz CT molecular complexity index is 515. The highest BCUT2D eigenvalue weighted by molar-refractivity contribution is 5.99. The molecule has 108 valence electrons. The Hall–Kier alpha value is -1.84. The van der Waals surface area contributed by atoms with Crippen LogP contribution in [0.4, 0.5) is 0 Å². The maximum atomic E-state index is 12.5. The van der Waals surface area contributed by atoms with Crippen molar-refractivity contribution in [3.05, 3.63) is 35.4 Å².